The molecule has 2 N–H and O–H groups in total. The van der Waals surface area contributed by atoms with Gasteiger partial charge in [-0.1, -0.05) is 17.3 Å². The first-order valence-corrected chi connectivity index (χ1v) is 14.0. The van der Waals surface area contributed by atoms with Gasteiger partial charge < -0.3 is 24.8 Å². The third-order valence-electron chi connectivity index (χ3n) is 8.50. The van der Waals surface area contributed by atoms with Crippen LogP contribution in [0.25, 0.3) is 6.08 Å². The fourth-order valence-electron chi connectivity index (χ4n) is 6.27. The van der Waals surface area contributed by atoms with Crippen LogP contribution in [0.3, 0.4) is 0 Å². The van der Waals surface area contributed by atoms with Gasteiger partial charge in [0.25, 0.3) is 0 Å². The summed E-state index contributed by atoms with van der Waals surface area (Å²) in [4.78, 5) is 33.4. The molecule has 6 rings (SSSR count). The number of aryl methyl sites for hydroxylation is 1. The first-order valence-electron chi connectivity index (χ1n) is 14.0. The zero-order valence-corrected chi connectivity index (χ0v) is 23.0. The number of hydrogen-bond donors (Lipinski definition) is 2. The molecule has 11 nitrogen and oxygen atoms in total. The third kappa shape index (κ3) is 5.38. The highest BCUT2D eigenvalue weighted by molar-refractivity contribution is 5.91. The summed E-state index contributed by atoms with van der Waals surface area (Å²) in [7, 11) is 3.56. The van der Waals surface area contributed by atoms with Crippen molar-refractivity contribution in [2.24, 2.45) is 13.0 Å². The van der Waals surface area contributed by atoms with Crippen molar-refractivity contribution in [1.29, 1.82) is 0 Å². The van der Waals surface area contributed by atoms with Crippen LogP contribution < -0.4 is 15.4 Å². The van der Waals surface area contributed by atoms with Gasteiger partial charge in [0.1, 0.15) is 17.5 Å². The van der Waals surface area contributed by atoms with Crippen molar-refractivity contribution in [2.45, 2.75) is 50.2 Å². The number of likely N-dealkylation sites (tertiary alicyclic amines) is 1. The van der Waals surface area contributed by atoms with E-state index in [9.17, 15) is 9.59 Å². The molecule has 1 aliphatic carbocycles. The molecule has 4 unspecified atom stereocenters. The van der Waals surface area contributed by atoms with E-state index in [1.165, 1.54) is 5.56 Å². The standard InChI is InChI=1S/C29H36N8O3/c1-35-26-8-5-20(12-24(26)33-34-35)15-32-28(38)27-13-21(11-19-3-6-23(40-2)7-4-19)17-37(27)29(39)25-14-22(16-31-25)36-10-9-30-18-36/h3-4,6-7,9-10,12,18,21-22,25,27,31H,5,8,11,13-17H2,1-2H3,(H,32,38). The zero-order valence-electron chi connectivity index (χ0n) is 23.0. The Hall–Kier alpha value is -3.99. The van der Waals surface area contributed by atoms with Crippen molar-refractivity contribution in [3.05, 3.63) is 65.5 Å². The minimum Gasteiger partial charge on any atom is -0.497 e. The largest absolute Gasteiger partial charge is 0.497 e. The number of rotatable bonds is 8. The Kier molecular flexibility index (Phi) is 7.38. The number of hydrogen-bond acceptors (Lipinski definition) is 7. The van der Waals surface area contributed by atoms with Gasteiger partial charge in [-0.2, -0.15) is 0 Å². The van der Waals surface area contributed by atoms with Gasteiger partial charge in [-0.05, 0) is 67.4 Å². The first-order chi connectivity index (χ1) is 19.5. The second kappa shape index (κ2) is 11.2. The highest BCUT2D eigenvalue weighted by atomic mass is 16.5. The molecule has 0 bridgehead atoms. The van der Waals surface area contributed by atoms with E-state index in [4.69, 9.17) is 4.74 Å². The fourth-order valence-corrected chi connectivity index (χ4v) is 6.27. The lowest BCUT2D eigenvalue weighted by Crippen LogP contribution is -2.51. The maximum Gasteiger partial charge on any atom is 0.243 e. The average molecular weight is 545 g/mol. The van der Waals surface area contributed by atoms with Crippen LogP contribution in [-0.4, -0.2) is 80.1 Å². The van der Waals surface area contributed by atoms with Crippen molar-refractivity contribution < 1.29 is 14.3 Å². The van der Waals surface area contributed by atoms with Crippen molar-refractivity contribution in [2.75, 3.05) is 26.7 Å². The van der Waals surface area contributed by atoms with E-state index in [-0.39, 0.29) is 29.8 Å². The molecular formula is C29H36N8O3. The quantitative estimate of drug-likeness (QED) is 0.441. The normalized spacial score (nSPS) is 24.1. The van der Waals surface area contributed by atoms with Crippen LogP contribution in [0.15, 0.2) is 48.6 Å². The van der Waals surface area contributed by atoms with Crippen LogP contribution >= 0.6 is 0 Å². The first kappa shape index (κ1) is 26.2. The molecule has 2 aliphatic heterocycles. The lowest BCUT2D eigenvalue weighted by atomic mass is 9.96. The lowest BCUT2D eigenvalue weighted by Gasteiger charge is -2.27. The van der Waals surface area contributed by atoms with E-state index in [0.717, 1.165) is 42.0 Å². The number of fused-ring (bicyclic) bond motifs is 1. The summed E-state index contributed by atoms with van der Waals surface area (Å²) in [5.74, 6) is 0.909. The van der Waals surface area contributed by atoms with E-state index in [1.54, 1.807) is 24.3 Å². The molecule has 4 heterocycles. The number of aromatic nitrogens is 5. The van der Waals surface area contributed by atoms with Crippen molar-refractivity contribution in [3.8, 4) is 5.75 Å². The van der Waals surface area contributed by atoms with Gasteiger partial charge in [-0.3, -0.25) is 14.3 Å². The number of amides is 2. The molecule has 0 spiro atoms. The molecule has 3 aliphatic rings. The molecular weight excluding hydrogens is 508 g/mol. The van der Waals surface area contributed by atoms with Gasteiger partial charge in [-0.25, -0.2) is 4.98 Å². The highest BCUT2D eigenvalue weighted by Crippen LogP contribution is 2.30. The monoisotopic (exact) mass is 544 g/mol. The number of nitrogens with zero attached hydrogens (tertiary/aromatic N) is 6. The van der Waals surface area contributed by atoms with E-state index in [1.807, 2.05) is 40.9 Å². The van der Waals surface area contributed by atoms with Crippen LogP contribution in [0, 0.1) is 5.92 Å². The topological polar surface area (TPSA) is 119 Å². The molecule has 210 valence electrons. The summed E-state index contributed by atoms with van der Waals surface area (Å²) >= 11 is 0. The molecule has 0 saturated carbocycles. The second-order valence-electron chi connectivity index (χ2n) is 11.1. The Labute approximate surface area is 233 Å². The van der Waals surface area contributed by atoms with Crippen LogP contribution in [0.2, 0.25) is 0 Å². The maximum atomic E-state index is 13.8. The van der Waals surface area contributed by atoms with Crippen LogP contribution in [0.5, 0.6) is 5.75 Å². The predicted octanol–water partition coefficient (Wildman–Crippen LogP) is 1.53. The molecule has 1 aromatic carbocycles. The zero-order chi connectivity index (χ0) is 27.6. The molecule has 40 heavy (non-hydrogen) atoms. The fraction of sp³-hybridized carbons (Fsp3) is 0.483. The van der Waals surface area contributed by atoms with E-state index in [2.05, 4.69) is 38.1 Å². The summed E-state index contributed by atoms with van der Waals surface area (Å²) in [5.41, 5.74) is 4.27. The Bertz CT molecular complexity index is 1380. The SMILES string of the molecule is COc1ccc(CC2CC(C(=O)NCC3=Cc4nnn(C)c4CC3)N(C(=O)C3CC(n4ccnc4)CN3)C2)cc1. The van der Waals surface area contributed by atoms with Gasteiger partial charge in [0.2, 0.25) is 11.8 Å². The molecule has 11 heteroatoms. The average Bonchev–Trinajstić information content (AvgIpc) is 3.79. The number of ether oxygens (including phenoxy) is 1. The summed E-state index contributed by atoms with van der Waals surface area (Å²) in [6, 6.07) is 7.38. The van der Waals surface area contributed by atoms with E-state index in [0.29, 0.717) is 32.5 Å². The predicted molar refractivity (Wildman–Crippen MR) is 148 cm³/mol. The Morgan fingerprint density at radius 3 is 2.80 bits per heavy atom. The Balaban J connectivity index is 1.14. The molecule has 2 fully saturated rings. The van der Waals surface area contributed by atoms with Gasteiger partial charge in [0.15, 0.2) is 0 Å². The molecule has 0 radical (unpaired) electrons. The maximum absolute atomic E-state index is 13.8. The molecule has 2 amide bonds. The van der Waals surface area contributed by atoms with Crippen LogP contribution in [0.1, 0.15) is 42.3 Å². The van der Waals surface area contributed by atoms with E-state index < -0.39 is 6.04 Å². The van der Waals surface area contributed by atoms with Crippen molar-refractivity contribution in [3.63, 3.8) is 0 Å². The summed E-state index contributed by atoms with van der Waals surface area (Å²) < 4.78 is 9.14. The van der Waals surface area contributed by atoms with Gasteiger partial charge in [0, 0.05) is 45.1 Å². The van der Waals surface area contributed by atoms with Crippen molar-refractivity contribution in [1.82, 2.24) is 40.1 Å². The number of carbonyl (C=O) groups excluding carboxylic acids is 2. The molecule has 4 atom stereocenters. The summed E-state index contributed by atoms with van der Waals surface area (Å²) in [6.45, 7) is 1.70. The number of nitrogens with one attached hydrogen (secondary N) is 2. The second-order valence-corrected chi connectivity index (χ2v) is 11.1. The highest BCUT2D eigenvalue weighted by Gasteiger charge is 2.43. The number of benzene rings is 1. The van der Waals surface area contributed by atoms with Crippen LogP contribution in [0.4, 0.5) is 0 Å². The van der Waals surface area contributed by atoms with Crippen LogP contribution in [-0.2, 0) is 29.5 Å². The third-order valence-corrected chi connectivity index (χ3v) is 8.50. The smallest absolute Gasteiger partial charge is 0.243 e. The van der Waals surface area contributed by atoms with Gasteiger partial charge in [-0.15, -0.1) is 5.10 Å². The summed E-state index contributed by atoms with van der Waals surface area (Å²) in [6.07, 6.45) is 11.3. The van der Waals surface area contributed by atoms with E-state index >= 15 is 0 Å². The summed E-state index contributed by atoms with van der Waals surface area (Å²) in [5, 5.41) is 14.9. The lowest BCUT2D eigenvalue weighted by molar-refractivity contribution is -0.139. The molecule has 3 aromatic rings. The molecule has 2 aromatic heterocycles. The Morgan fingerprint density at radius 2 is 2.02 bits per heavy atom. The minimum absolute atomic E-state index is 0.001000. The Morgan fingerprint density at radius 1 is 1.18 bits per heavy atom. The van der Waals surface area contributed by atoms with Gasteiger partial charge >= 0.3 is 0 Å². The number of carbonyl (C=O) groups is 2. The molecule has 2 saturated heterocycles. The number of methoxy groups -OCH3 is 1. The van der Waals surface area contributed by atoms with Crippen molar-refractivity contribution >= 4 is 17.9 Å². The number of imidazole rings is 1. The van der Waals surface area contributed by atoms with Gasteiger partial charge in [0.05, 0.1) is 25.2 Å². The minimum atomic E-state index is -0.499.